The highest BCUT2D eigenvalue weighted by atomic mass is 16.3. The van der Waals surface area contributed by atoms with E-state index in [0.717, 1.165) is 16.5 Å². The Hall–Kier alpha value is -3.06. The van der Waals surface area contributed by atoms with Crippen LogP contribution < -0.4 is 11.3 Å². The molecular formula is C16H13N5O2. The van der Waals surface area contributed by atoms with Gasteiger partial charge in [0.25, 0.3) is 5.56 Å². The Kier molecular flexibility index (Phi) is 2.95. The van der Waals surface area contributed by atoms with E-state index >= 15 is 0 Å². The van der Waals surface area contributed by atoms with Crippen LogP contribution in [0.3, 0.4) is 0 Å². The van der Waals surface area contributed by atoms with Gasteiger partial charge in [-0.15, -0.1) is 0 Å². The number of aryl methyl sites for hydroxylation is 1. The summed E-state index contributed by atoms with van der Waals surface area (Å²) in [6.07, 6.45) is 3.38. The fourth-order valence-corrected chi connectivity index (χ4v) is 2.71. The summed E-state index contributed by atoms with van der Waals surface area (Å²) in [5, 5.41) is 7.75. The largest absolute Gasteiger partial charge is 0.440 e. The molecule has 0 bridgehead atoms. The van der Waals surface area contributed by atoms with Gasteiger partial charge in [0.1, 0.15) is 5.52 Å². The number of fused-ring (bicyclic) bond motifs is 2. The van der Waals surface area contributed by atoms with Crippen LogP contribution in [0, 0.1) is 6.92 Å². The second-order valence-electron chi connectivity index (χ2n) is 5.23. The molecule has 0 saturated carbocycles. The molecule has 4 rings (SSSR count). The minimum absolute atomic E-state index is 0.237. The molecule has 7 nitrogen and oxygen atoms in total. The lowest BCUT2D eigenvalue weighted by Gasteiger charge is -2.06. The Bertz CT molecular complexity index is 1100. The third-order valence-corrected chi connectivity index (χ3v) is 3.78. The van der Waals surface area contributed by atoms with E-state index in [1.807, 2.05) is 12.1 Å². The van der Waals surface area contributed by atoms with Crippen molar-refractivity contribution in [2.75, 3.05) is 0 Å². The molecule has 0 aliphatic rings. The number of H-pyrrole nitrogens is 1. The quantitative estimate of drug-likeness (QED) is 0.585. The number of pyridine rings is 1. The minimum Gasteiger partial charge on any atom is -0.440 e. The minimum atomic E-state index is -0.240. The third kappa shape index (κ3) is 2.09. The van der Waals surface area contributed by atoms with E-state index < -0.39 is 0 Å². The van der Waals surface area contributed by atoms with Crippen molar-refractivity contribution in [3.8, 4) is 11.1 Å². The fourth-order valence-electron chi connectivity index (χ4n) is 2.71. The molecular weight excluding hydrogens is 294 g/mol. The van der Waals surface area contributed by atoms with Crippen molar-refractivity contribution in [2.45, 2.75) is 13.5 Å². The highest BCUT2D eigenvalue weighted by Gasteiger charge is 2.13. The number of hydrogen-bond acceptors (Lipinski definition) is 6. The molecule has 0 aliphatic carbocycles. The first-order valence-corrected chi connectivity index (χ1v) is 7.10. The Morgan fingerprint density at radius 2 is 2.13 bits per heavy atom. The molecule has 3 aromatic heterocycles. The molecule has 23 heavy (non-hydrogen) atoms. The van der Waals surface area contributed by atoms with E-state index in [0.29, 0.717) is 28.1 Å². The number of aromatic amines is 1. The molecule has 0 saturated heterocycles. The number of nitrogens with two attached hydrogens (primary N) is 1. The summed E-state index contributed by atoms with van der Waals surface area (Å²) in [6, 6.07) is 5.49. The zero-order valence-electron chi connectivity index (χ0n) is 12.3. The first kappa shape index (κ1) is 13.6. The number of hydrogen-bond donors (Lipinski definition) is 2. The van der Waals surface area contributed by atoms with Crippen molar-refractivity contribution in [3.63, 3.8) is 0 Å². The number of oxazole rings is 1. The molecule has 0 atom stereocenters. The lowest BCUT2D eigenvalue weighted by atomic mass is 10.0. The van der Waals surface area contributed by atoms with Crippen LogP contribution in [0.1, 0.15) is 11.6 Å². The van der Waals surface area contributed by atoms with Crippen LogP contribution in [0.2, 0.25) is 0 Å². The molecule has 1 aromatic carbocycles. The maximum Gasteiger partial charge on any atom is 0.272 e. The molecule has 0 fully saturated rings. The van der Waals surface area contributed by atoms with Gasteiger partial charge in [0, 0.05) is 30.6 Å². The average molecular weight is 307 g/mol. The normalized spacial score (nSPS) is 11.4. The highest BCUT2D eigenvalue weighted by Crippen LogP contribution is 2.30. The van der Waals surface area contributed by atoms with Gasteiger partial charge < -0.3 is 10.2 Å². The maximum atomic E-state index is 11.9. The topological polar surface area (TPSA) is 111 Å². The molecule has 0 aliphatic heterocycles. The summed E-state index contributed by atoms with van der Waals surface area (Å²) in [6.45, 7) is 2.03. The predicted molar refractivity (Wildman–Crippen MR) is 85.8 cm³/mol. The summed E-state index contributed by atoms with van der Waals surface area (Å²) in [4.78, 5) is 20.4. The van der Waals surface area contributed by atoms with Crippen LogP contribution in [0.25, 0.3) is 33.0 Å². The van der Waals surface area contributed by atoms with Crippen LogP contribution in [0.5, 0.6) is 0 Å². The second kappa shape index (κ2) is 4.99. The van der Waals surface area contributed by atoms with E-state index in [-0.39, 0.29) is 12.1 Å². The lowest BCUT2D eigenvalue weighted by Crippen LogP contribution is -2.13. The van der Waals surface area contributed by atoms with Crippen LogP contribution in [-0.4, -0.2) is 20.2 Å². The number of rotatable bonds is 2. The van der Waals surface area contributed by atoms with E-state index in [1.54, 1.807) is 25.4 Å². The fraction of sp³-hybridized carbons (Fsp3) is 0.125. The summed E-state index contributed by atoms with van der Waals surface area (Å²) in [5.41, 5.74) is 9.17. The van der Waals surface area contributed by atoms with E-state index in [1.165, 1.54) is 0 Å². The van der Waals surface area contributed by atoms with Gasteiger partial charge in [0.2, 0.25) is 0 Å². The number of nitrogens with zero attached hydrogens (tertiary/aromatic N) is 3. The molecule has 114 valence electrons. The Morgan fingerprint density at radius 1 is 1.26 bits per heavy atom. The second-order valence-corrected chi connectivity index (χ2v) is 5.23. The third-order valence-electron chi connectivity index (χ3n) is 3.78. The van der Waals surface area contributed by atoms with Crippen molar-refractivity contribution in [3.05, 3.63) is 52.5 Å². The van der Waals surface area contributed by atoms with Gasteiger partial charge in [0.05, 0.1) is 17.3 Å². The van der Waals surface area contributed by atoms with Gasteiger partial charge in [-0.25, -0.2) is 10.1 Å². The predicted octanol–water partition coefficient (Wildman–Crippen LogP) is 1.89. The molecule has 3 N–H and O–H groups in total. The Morgan fingerprint density at radius 3 is 2.96 bits per heavy atom. The molecule has 7 heteroatoms. The zero-order valence-corrected chi connectivity index (χ0v) is 12.3. The Labute approximate surface area is 130 Å². The van der Waals surface area contributed by atoms with Gasteiger partial charge >= 0.3 is 0 Å². The van der Waals surface area contributed by atoms with Gasteiger partial charge in [0.15, 0.2) is 11.5 Å². The van der Waals surface area contributed by atoms with E-state index in [2.05, 4.69) is 20.2 Å². The van der Waals surface area contributed by atoms with Gasteiger partial charge in [-0.05, 0) is 17.7 Å². The maximum absolute atomic E-state index is 11.9. The highest BCUT2D eigenvalue weighted by molar-refractivity contribution is 5.94. The van der Waals surface area contributed by atoms with E-state index in [4.69, 9.17) is 10.2 Å². The number of aromatic nitrogens is 4. The number of benzene rings is 1. The van der Waals surface area contributed by atoms with E-state index in [9.17, 15) is 4.79 Å². The average Bonchev–Trinajstić information content (AvgIpc) is 2.95. The molecule has 0 radical (unpaired) electrons. The Balaban J connectivity index is 2.03. The van der Waals surface area contributed by atoms with Gasteiger partial charge in [-0.2, -0.15) is 5.10 Å². The van der Waals surface area contributed by atoms with Gasteiger partial charge in [-0.1, -0.05) is 6.07 Å². The van der Waals surface area contributed by atoms with Crippen molar-refractivity contribution in [1.29, 1.82) is 0 Å². The van der Waals surface area contributed by atoms with Crippen molar-refractivity contribution >= 4 is 21.9 Å². The summed E-state index contributed by atoms with van der Waals surface area (Å²) in [5.74, 6) is 0.579. The van der Waals surface area contributed by atoms with Crippen LogP contribution in [-0.2, 0) is 6.54 Å². The lowest BCUT2D eigenvalue weighted by molar-refractivity contribution is 0.562. The monoisotopic (exact) mass is 307 g/mol. The molecule has 0 amide bonds. The smallest absolute Gasteiger partial charge is 0.272 e. The molecule has 0 spiro atoms. The van der Waals surface area contributed by atoms with Gasteiger partial charge in [-0.3, -0.25) is 9.78 Å². The van der Waals surface area contributed by atoms with Crippen LogP contribution >= 0.6 is 0 Å². The first-order chi connectivity index (χ1) is 11.2. The summed E-state index contributed by atoms with van der Waals surface area (Å²) in [7, 11) is 0. The summed E-state index contributed by atoms with van der Waals surface area (Å²) >= 11 is 0. The zero-order chi connectivity index (χ0) is 16.0. The van der Waals surface area contributed by atoms with Crippen molar-refractivity contribution < 1.29 is 4.42 Å². The SMILES string of the molecule is Cc1nc2cncc(-c3ccc4c(=O)[nH]nc(CN)c4c3)c2o1. The number of nitrogens with one attached hydrogen (secondary N) is 1. The standard InChI is InChI=1S/C16H13N5O2/c1-8-19-14-7-18-6-12(15(14)23-8)9-2-3-10-11(4-9)13(5-17)20-21-16(10)22/h2-4,6-7H,5,17H2,1H3,(H,21,22). The van der Waals surface area contributed by atoms with Crippen molar-refractivity contribution in [2.24, 2.45) is 5.73 Å². The molecule has 0 unspecified atom stereocenters. The molecule has 4 aromatic rings. The summed E-state index contributed by atoms with van der Waals surface area (Å²) < 4.78 is 5.69. The first-order valence-electron chi connectivity index (χ1n) is 7.10. The molecule has 3 heterocycles. The van der Waals surface area contributed by atoms with Crippen molar-refractivity contribution in [1.82, 2.24) is 20.2 Å². The van der Waals surface area contributed by atoms with Crippen LogP contribution in [0.4, 0.5) is 0 Å². The van der Waals surface area contributed by atoms with Crippen LogP contribution in [0.15, 0.2) is 39.8 Å².